The third-order valence-corrected chi connectivity index (χ3v) is 3.10. The van der Waals surface area contributed by atoms with Crippen molar-refractivity contribution in [2.45, 2.75) is 25.7 Å². The number of anilines is 1. The molecule has 0 unspecified atom stereocenters. The van der Waals surface area contributed by atoms with Crippen LogP contribution in [0.5, 0.6) is 0 Å². The Kier molecular flexibility index (Phi) is 4.69. The van der Waals surface area contributed by atoms with Crippen molar-refractivity contribution in [2.24, 2.45) is 0 Å². The van der Waals surface area contributed by atoms with Crippen molar-refractivity contribution >= 4 is 23.4 Å². The summed E-state index contributed by atoms with van der Waals surface area (Å²) < 4.78 is 0. The second-order valence-electron chi connectivity index (χ2n) is 3.16. The van der Waals surface area contributed by atoms with E-state index in [4.69, 9.17) is 0 Å². The monoisotopic (exact) mass is 223 g/mol. The van der Waals surface area contributed by atoms with Crippen molar-refractivity contribution < 1.29 is 4.79 Å². The Morgan fingerprint density at radius 3 is 2.53 bits per heavy atom. The van der Waals surface area contributed by atoms with Gasteiger partial charge in [-0.15, -0.1) is 11.8 Å². The second-order valence-corrected chi connectivity index (χ2v) is 4.47. The van der Waals surface area contributed by atoms with E-state index in [0.29, 0.717) is 0 Å². The summed E-state index contributed by atoms with van der Waals surface area (Å²) >= 11 is 1.77. The van der Waals surface area contributed by atoms with E-state index in [1.807, 2.05) is 25.1 Å². The van der Waals surface area contributed by atoms with Crippen LogP contribution in [0.25, 0.3) is 0 Å². The van der Waals surface area contributed by atoms with Crippen molar-refractivity contribution in [2.75, 3.05) is 17.2 Å². The Bertz CT molecular complexity index is 338. The van der Waals surface area contributed by atoms with E-state index < -0.39 is 0 Å². The molecule has 1 aromatic rings. The van der Waals surface area contributed by atoms with Gasteiger partial charge in [0.05, 0.1) is 5.69 Å². The third kappa shape index (κ3) is 2.99. The van der Waals surface area contributed by atoms with Crippen LogP contribution in [0.15, 0.2) is 29.2 Å². The number of carbonyl (C=O) groups is 1. The molecule has 0 saturated carbocycles. The summed E-state index contributed by atoms with van der Waals surface area (Å²) in [5.41, 5.74) is 1.03. The van der Waals surface area contributed by atoms with Crippen LogP contribution in [-0.2, 0) is 4.79 Å². The number of carbonyl (C=O) groups excluding carboxylic acids is 1. The molecule has 0 radical (unpaired) electrons. The van der Waals surface area contributed by atoms with Crippen molar-refractivity contribution in [3.63, 3.8) is 0 Å². The average Bonchev–Trinajstić information content (AvgIpc) is 2.21. The van der Waals surface area contributed by atoms with E-state index in [1.165, 1.54) is 4.90 Å². The van der Waals surface area contributed by atoms with Crippen molar-refractivity contribution in [1.29, 1.82) is 0 Å². The van der Waals surface area contributed by atoms with Gasteiger partial charge in [0.2, 0.25) is 5.91 Å². The Labute approximate surface area is 95.7 Å². The molecule has 3 heteroatoms. The van der Waals surface area contributed by atoms with Crippen LogP contribution in [0.4, 0.5) is 5.69 Å². The molecule has 0 fully saturated rings. The standard InChI is InChI=1S/C12H17NOS/c1-4-13(10(3)14)11-8-6-7-9-12(11)15-5-2/h6-9H,4-5H2,1-3H3. The van der Waals surface area contributed by atoms with Gasteiger partial charge >= 0.3 is 0 Å². The van der Waals surface area contributed by atoms with Gasteiger partial charge in [-0.1, -0.05) is 19.1 Å². The largest absolute Gasteiger partial charge is 0.312 e. The highest BCUT2D eigenvalue weighted by Crippen LogP contribution is 2.29. The minimum atomic E-state index is 0.0988. The number of rotatable bonds is 4. The van der Waals surface area contributed by atoms with Crippen LogP contribution in [0.1, 0.15) is 20.8 Å². The Morgan fingerprint density at radius 1 is 1.33 bits per heavy atom. The summed E-state index contributed by atoms with van der Waals surface area (Å²) in [6, 6.07) is 8.05. The predicted molar refractivity (Wildman–Crippen MR) is 66.5 cm³/mol. The summed E-state index contributed by atoms with van der Waals surface area (Å²) in [5, 5.41) is 0. The first-order valence-corrected chi connectivity index (χ1v) is 6.19. The van der Waals surface area contributed by atoms with Crippen molar-refractivity contribution in [3.05, 3.63) is 24.3 Å². The molecule has 0 bridgehead atoms. The molecule has 15 heavy (non-hydrogen) atoms. The number of thioether (sulfide) groups is 1. The molecule has 82 valence electrons. The van der Waals surface area contributed by atoms with E-state index in [0.717, 1.165) is 18.0 Å². The van der Waals surface area contributed by atoms with E-state index >= 15 is 0 Å². The molecule has 0 aromatic heterocycles. The van der Waals surface area contributed by atoms with Crippen LogP contribution in [-0.4, -0.2) is 18.2 Å². The maximum absolute atomic E-state index is 11.4. The summed E-state index contributed by atoms with van der Waals surface area (Å²) in [5.74, 6) is 1.12. The zero-order valence-corrected chi connectivity index (χ0v) is 10.3. The molecular formula is C12H17NOS. The SMILES string of the molecule is CCSc1ccccc1N(CC)C(C)=O. The van der Waals surface area contributed by atoms with E-state index in [2.05, 4.69) is 13.0 Å². The molecule has 0 atom stereocenters. The lowest BCUT2D eigenvalue weighted by atomic mass is 10.3. The lowest BCUT2D eigenvalue weighted by Crippen LogP contribution is -2.28. The smallest absolute Gasteiger partial charge is 0.223 e. The highest BCUT2D eigenvalue weighted by Gasteiger charge is 2.12. The van der Waals surface area contributed by atoms with Crippen LogP contribution in [0, 0.1) is 0 Å². The van der Waals surface area contributed by atoms with Crippen molar-refractivity contribution in [3.8, 4) is 0 Å². The van der Waals surface area contributed by atoms with E-state index in [9.17, 15) is 4.79 Å². The summed E-state index contributed by atoms with van der Waals surface area (Å²) in [4.78, 5) is 14.4. The minimum Gasteiger partial charge on any atom is -0.312 e. The molecule has 0 aliphatic rings. The first kappa shape index (κ1) is 12.1. The van der Waals surface area contributed by atoms with Gasteiger partial charge in [0.1, 0.15) is 0 Å². The fourth-order valence-electron chi connectivity index (χ4n) is 1.52. The van der Waals surface area contributed by atoms with Gasteiger partial charge in [-0.05, 0) is 24.8 Å². The average molecular weight is 223 g/mol. The zero-order chi connectivity index (χ0) is 11.3. The van der Waals surface area contributed by atoms with Gasteiger partial charge in [0.25, 0.3) is 0 Å². The summed E-state index contributed by atoms with van der Waals surface area (Å²) in [6.45, 7) is 6.44. The Hall–Kier alpha value is -0.960. The molecule has 0 heterocycles. The van der Waals surface area contributed by atoms with Crippen LogP contribution >= 0.6 is 11.8 Å². The highest BCUT2D eigenvalue weighted by molar-refractivity contribution is 7.99. The maximum Gasteiger partial charge on any atom is 0.223 e. The molecule has 0 N–H and O–H groups in total. The fraction of sp³-hybridized carbons (Fsp3) is 0.417. The van der Waals surface area contributed by atoms with Gasteiger partial charge in [-0.2, -0.15) is 0 Å². The normalized spacial score (nSPS) is 10.1. The first-order chi connectivity index (χ1) is 7.20. The number of hydrogen-bond acceptors (Lipinski definition) is 2. The number of benzene rings is 1. The molecule has 1 aromatic carbocycles. The topological polar surface area (TPSA) is 20.3 Å². The van der Waals surface area contributed by atoms with Crippen LogP contribution in [0.3, 0.4) is 0 Å². The quantitative estimate of drug-likeness (QED) is 0.731. The van der Waals surface area contributed by atoms with Gasteiger partial charge in [0, 0.05) is 18.4 Å². The minimum absolute atomic E-state index is 0.0988. The van der Waals surface area contributed by atoms with E-state index in [-0.39, 0.29) is 5.91 Å². The lowest BCUT2D eigenvalue weighted by Gasteiger charge is -2.21. The van der Waals surface area contributed by atoms with Crippen molar-refractivity contribution in [1.82, 2.24) is 0 Å². The number of para-hydroxylation sites is 1. The number of hydrogen-bond donors (Lipinski definition) is 0. The van der Waals surface area contributed by atoms with E-state index in [1.54, 1.807) is 23.6 Å². The predicted octanol–water partition coefficient (Wildman–Crippen LogP) is 3.17. The molecule has 0 aliphatic heterocycles. The Morgan fingerprint density at radius 2 is 2.00 bits per heavy atom. The zero-order valence-electron chi connectivity index (χ0n) is 9.49. The van der Waals surface area contributed by atoms with Crippen LogP contribution < -0.4 is 4.90 Å². The number of amides is 1. The molecule has 0 aliphatic carbocycles. The molecule has 0 spiro atoms. The maximum atomic E-state index is 11.4. The third-order valence-electron chi connectivity index (χ3n) is 2.15. The van der Waals surface area contributed by atoms with Gasteiger partial charge in [-0.3, -0.25) is 4.79 Å². The summed E-state index contributed by atoms with van der Waals surface area (Å²) in [7, 11) is 0. The van der Waals surface area contributed by atoms with Gasteiger partial charge in [0.15, 0.2) is 0 Å². The molecule has 2 nitrogen and oxygen atoms in total. The Balaban J connectivity index is 3.04. The van der Waals surface area contributed by atoms with Gasteiger partial charge < -0.3 is 4.90 Å². The lowest BCUT2D eigenvalue weighted by molar-refractivity contribution is -0.116. The molecule has 0 saturated heterocycles. The van der Waals surface area contributed by atoms with Crippen LogP contribution in [0.2, 0.25) is 0 Å². The first-order valence-electron chi connectivity index (χ1n) is 5.20. The highest BCUT2D eigenvalue weighted by atomic mass is 32.2. The molecule has 1 rings (SSSR count). The summed E-state index contributed by atoms with van der Waals surface area (Å²) in [6.07, 6.45) is 0. The second kappa shape index (κ2) is 5.81. The fourth-order valence-corrected chi connectivity index (χ4v) is 2.33. The molecule has 1 amide bonds. The number of nitrogens with zero attached hydrogens (tertiary/aromatic N) is 1. The molecular weight excluding hydrogens is 206 g/mol. The van der Waals surface area contributed by atoms with Gasteiger partial charge in [-0.25, -0.2) is 0 Å².